The van der Waals surface area contributed by atoms with Gasteiger partial charge in [-0.1, -0.05) is 0 Å². The normalized spacial score (nSPS) is 11.3. The molecule has 0 heterocycles. The summed E-state index contributed by atoms with van der Waals surface area (Å²) in [6, 6.07) is 2.60. The molecule has 2 N–H and O–H groups in total. The summed E-state index contributed by atoms with van der Waals surface area (Å²) in [5.41, 5.74) is 5.57. The first kappa shape index (κ1) is 12.5. The predicted molar refractivity (Wildman–Crippen MR) is 60.7 cm³/mol. The molecule has 3 nitrogen and oxygen atoms in total. The van der Waals surface area contributed by atoms with Crippen LogP contribution in [0.5, 0.6) is 0 Å². The second kappa shape index (κ2) is 4.12. The van der Waals surface area contributed by atoms with Crippen LogP contribution < -0.4 is 5.73 Å². The highest BCUT2D eigenvalue weighted by molar-refractivity contribution is 5.96. The van der Waals surface area contributed by atoms with Gasteiger partial charge in [-0.3, -0.25) is 0 Å². The Morgan fingerprint density at radius 2 is 1.94 bits per heavy atom. The van der Waals surface area contributed by atoms with Gasteiger partial charge >= 0.3 is 5.97 Å². The van der Waals surface area contributed by atoms with Crippen LogP contribution in [-0.4, -0.2) is 11.6 Å². The van der Waals surface area contributed by atoms with E-state index < -0.39 is 17.4 Å². The molecule has 0 aromatic heterocycles. The van der Waals surface area contributed by atoms with Gasteiger partial charge in [-0.05, 0) is 39.8 Å². The number of rotatable bonds is 1. The lowest BCUT2D eigenvalue weighted by Crippen LogP contribution is -2.25. The summed E-state index contributed by atoms with van der Waals surface area (Å²) >= 11 is 0. The Bertz CT molecular complexity index is 422. The number of ether oxygens (including phenoxy) is 1. The smallest absolute Gasteiger partial charge is 0.341 e. The van der Waals surface area contributed by atoms with Crippen molar-refractivity contribution in [3.63, 3.8) is 0 Å². The van der Waals surface area contributed by atoms with E-state index in [-0.39, 0.29) is 16.8 Å². The van der Waals surface area contributed by atoms with Gasteiger partial charge in [0.1, 0.15) is 11.4 Å². The van der Waals surface area contributed by atoms with Crippen LogP contribution in [-0.2, 0) is 4.74 Å². The van der Waals surface area contributed by atoms with Crippen LogP contribution in [0.15, 0.2) is 12.1 Å². The summed E-state index contributed by atoms with van der Waals surface area (Å²) in [6.07, 6.45) is 0. The topological polar surface area (TPSA) is 52.3 Å². The maximum absolute atomic E-state index is 13.3. The first-order valence-corrected chi connectivity index (χ1v) is 5.00. The summed E-state index contributed by atoms with van der Waals surface area (Å²) in [5.74, 6) is -1.06. The van der Waals surface area contributed by atoms with E-state index in [2.05, 4.69) is 0 Å². The standard InChI is InChI=1S/C12H16FNO2/c1-7-8(13)5-6-9(14)10(7)11(15)16-12(2,3)4/h5-6H,14H2,1-4H3. The van der Waals surface area contributed by atoms with Crippen molar-refractivity contribution < 1.29 is 13.9 Å². The minimum absolute atomic E-state index is 0.106. The lowest BCUT2D eigenvalue weighted by atomic mass is 10.1. The molecule has 88 valence electrons. The first-order valence-electron chi connectivity index (χ1n) is 5.00. The zero-order valence-electron chi connectivity index (χ0n) is 9.93. The zero-order valence-corrected chi connectivity index (χ0v) is 9.93. The molecule has 0 saturated heterocycles. The lowest BCUT2D eigenvalue weighted by Gasteiger charge is -2.20. The Kier molecular flexibility index (Phi) is 3.21. The SMILES string of the molecule is Cc1c(F)ccc(N)c1C(=O)OC(C)(C)C. The number of hydrogen-bond donors (Lipinski definition) is 1. The van der Waals surface area contributed by atoms with E-state index in [1.165, 1.54) is 19.1 Å². The fourth-order valence-electron chi connectivity index (χ4n) is 1.31. The minimum Gasteiger partial charge on any atom is -0.456 e. The van der Waals surface area contributed by atoms with E-state index in [9.17, 15) is 9.18 Å². The van der Waals surface area contributed by atoms with Crippen LogP contribution in [0.2, 0.25) is 0 Å². The summed E-state index contributed by atoms with van der Waals surface area (Å²) in [4.78, 5) is 11.8. The molecule has 0 amide bonds. The average Bonchev–Trinajstić information content (AvgIpc) is 2.09. The summed E-state index contributed by atoms with van der Waals surface area (Å²) in [7, 11) is 0. The van der Waals surface area contributed by atoms with Crippen LogP contribution >= 0.6 is 0 Å². The largest absolute Gasteiger partial charge is 0.456 e. The number of benzene rings is 1. The van der Waals surface area contributed by atoms with Gasteiger partial charge in [0, 0.05) is 11.3 Å². The molecular weight excluding hydrogens is 209 g/mol. The summed E-state index contributed by atoms with van der Waals surface area (Å²) in [5, 5.41) is 0. The van der Waals surface area contributed by atoms with Crippen molar-refractivity contribution in [1.82, 2.24) is 0 Å². The number of carbonyl (C=O) groups is 1. The van der Waals surface area contributed by atoms with Crippen molar-refractivity contribution in [2.24, 2.45) is 0 Å². The highest BCUT2D eigenvalue weighted by Crippen LogP contribution is 2.22. The molecule has 0 aliphatic rings. The molecule has 0 aliphatic carbocycles. The number of hydrogen-bond acceptors (Lipinski definition) is 3. The van der Waals surface area contributed by atoms with E-state index >= 15 is 0 Å². The van der Waals surface area contributed by atoms with Gasteiger partial charge in [0.05, 0.1) is 5.56 Å². The van der Waals surface area contributed by atoms with Gasteiger partial charge in [-0.15, -0.1) is 0 Å². The second-order valence-electron chi connectivity index (χ2n) is 4.64. The molecule has 0 fully saturated rings. The molecule has 0 spiro atoms. The third-order valence-corrected chi connectivity index (χ3v) is 2.03. The molecule has 16 heavy (non-hydrogen) atoms. The summed E-state index contributed by atoms with van der Waals surface area (Å²) < 4.78 is 18.4. The van der Waals surface area contributed by atoms with Gasteiger partial charge < -0.3 is 10.5 Å². The molecular formula is C12H16FNO2. The number of nitrogen functional groups attached to an aromatic ring is 1. The number of halogens is 1. The van der Waals surface area contributed by atoms with Crippen LogP contribution in [0.25, 0.3) is 0 Å². The fraction of sp³-hybridized carbons (Fsp3) is 0.417. The molecule has 0 atom stereocenters. The molecule has 1 rings (SSSR count). The lowest BCUT2D eigenvalue weighted by molar-refractivity contribution is 0.00695. The maximum Gasteiger partial charge on any atom is 0.341 e. The highest BCUT2D eigenvalue weighted by atomic mass is 19.1. The fourth-order valence-corrected chi connectivity index (χ4v) is 1.31. The Morgan fingerprint density at radius 1 is 1.38 bits per heavy atom. The van der Waals surface area contributed by atoms with Crippen LogP contribution in [0.1, 0.15) is 36.7 Å². The molecule has 4 heteroatoms. The van der Waals surface area contributed by atoms with E-state index in [1.54, 1.807) is 20.8 Å². The van der Waals surface area contributed by atoms with Crippen LogP contribution in [0.3, 0.4) is 0 Å². The highest BCUT2D eigenvalue weighted by Gasteiger charge is 2.22. The predicted octanol–water partition coefficient (Wildman–Crippen LogP) is 2.67. The second-order valence-corrected chi connectivity index (χ2v) is 4.64. The molecule has 1 aromatic rings. The number of esters is 1. The average molecular weight is 225 g/mol. The van der Waals surface area contributed by atoms with Gasteiger partial charge in [0.15, 0.2) is 0 Å². The van der Waals surface area contributed by atoms with E-state index in [0.717, 1.165) is 0 Å². The van der Waals surface area contributed by atoms with Crippen molar-refractivity contribution >= 4 is 11.7 Å². The van der Waals surface area contributed by atoms with Gasteiger partial charge in [-0.2, -0.15) is 0 Å². The van der Waals surface area contributed by atoms with Gasteiger partial charge in [0.2, 0.25) is 0 Å². The summed E-state index contributed by atoms with van der Waals surface area (Å²) in [6.45, 7) is 6.74. The first-order chi connectivity index (χ1) is 7.22. The monoisotopic (exact) mass is 225 g/mol. The van der Waals surface area contributed by atoms with Crippen molar-refractivity contribution in [2.45, 2.75) is 33.3 Å². The maximum atomic E-state index is 13.3. The molecule has 1 aromatic carbocycles. The Balaban J connectivity index is 3.14. The minimum atomic E-state index is -0.623. The third kappa shape index (κ3) is 2.72. The van der Waals surface area contributed by atoms with Crippen LogP contribution in [0, 0.1) is 12.7 Å². The Morgan fingerprint density at radius 3 is 2.44 bits per heavy atom. The molecule has 0 saturated carbocycles. The molecule has 0 bridgehead atoms. The van der Waals surface area contributed by atoms with Crippen molar-refractivity contribution in [1.29, 1.82) is 0 Å². The molecule has 0 aliphatic heterocycles. The Labute approximate surface area is 94.4 Å². The van der Waals surface area contributed by atoms with Crippen molar-refractivity contribution in [3.8, 4) is 0 Å². The van der Waals surface area contributed by atoms with E-state index in [1.807, 2.05) is 0 Å². The van der Waals surface area contributed by atoms with Crippen LogP contribution in [0.4, 0.5) is 10.1 Å². The molecule has 0 radical (unpaired) electrons. The van der Waals surface area contributed by atoms with E-state index in [4.69, 9.17) is 10.5 Å². The zero-order chi connectivity index (χ0) is 12.5. The third-order valence-electron chi connectivity index (χ3n) is 2.03. The molecule has 0 unspecified atom stereocenters. The van der Waals surface area contributed by atoms with Gasteiger partial charge in [0.25, 0.3) is 0 Å². The van der Waals surface area contributed by atoms with Crippen molar-refractivity contribution in [2.75, 3.05) is 5.73 Å². The van der Waals surface area contributed by atoms with Gasteiger partial charge in [-0.25, -0.2) is 9.18 Å². The van der Waals surface area contributed by atoms with Crippen molar-refractivity contribution in [3.05, 3.63) is 29.1 Å². The van der Waals surface area contributed by atoms with E-state index in [0.29, 0.717) is 0 Å². The quantitative estimate of drug-likeness (QED) is 0.590. The Hall–Kier alpha value is -1.58. The number of anilines is 1. The number of nitrogens with two attached hydrogens (primary N) is 1. The number of carbonyl (C=O) groups excluding carboxylic acids is 1.